The molecule has 5 nitrogen and oxygen atoms in total. The molecule has 1 fully saturated rings. The van der Waals surface area contributed by atoms with Crippen LogP contribution in [0.5, 0.6) is 0 Å². The molecule has 1 aromatic carbocycles. The summed E-state index contributed by atoms with van der Waals surface area (Å²) in [6.07, 6.45) is 0.690. The third kappa shape index (κ3) is 2.61. The molecule has 0 radical (unpaired) electrons. The van der Waals surface area contributed by atoms with Gasteiger partial charge >= 0.3 is 0 Å². The SMILES string of the molecule is Nc1ccc(S(=O)(=O)N2CCCC(O)C2)cc1Cl. The van der Waals surface area contributed by atoms with Crippen molar-refractivity contribution in [1.29, 1.82) is 0 Å². The van der Waals surface area contributed by atoms with Gasteiger partial charge in [-0.25, -0.2) is 8.42 Å². The number of sulfonamides is 1. The first-order valence-corrected chi connectivity index (χ1v) is 7.46. The summed E-state index contributed by atoms with van der Waals surface area (Å²) in [5.74, 6) is 0. The molecule has 1 aliphatic rings. The fourth-order valence-electron chi connectivity index (χ4n) is 1.96. The van der Waals surface area contributed by atoms with E-state index in [1.54, 1.807) is 0 Å². The standard InChI is InChI=1S/C11H15ClN2O3S/c12-10-6-9(3-4-11(10)13)18(16,17)14-5-1-2-8(15)7-14/h3-4,6,8,15H,1-2,5,7,13H2. The zero-order valence-corrected chi connectivity index (χ0v) is 11.3. The maximum atomic E-state index is 12.3. The van der Waals surface area contributed by atoms with E-state index in [4.69, 9.17) is 17.3 Å². The highest BCUT2D eigenvalue weighted by Crippen LogP contribution is 2.26. The Balaban J connectivity index is 2.32. The number of nitrogen functional groups attached to an aromatic ring is 1. The largest absolute Gasteiger partial charge is 0.398 e. The van der Waals surface area contributed by atoms with Gasteiger partial charge in [0, 0.05) is 13.1 Å². The van der Waals surface area contributed by atoms with Crippen molar-refractivity contribution < 1.29 is 13.5 Å². The Morgan fingerprint density at radius 3 is 2.78 bits per heavy atom. The highest BCUT2D eigenvalue weighted by molar-refractivity contribution is 7.89. The molecule has 2 rings (SSSR count). The molecule has 18 heavy (non-hydrogen) atoms. The number of β-amino-alcohol motifs (C(OH)–C–C–N with tert-alkyl or cyclic N) is 1. The number of nitrogens with two attached hydrogens (primary N) is 1. The van der Waals surface area contributed by atoms with E-state index in [9.17, 15) is 13.5 Å². The Morgan fingerprint density at radius 1 is 1.44 bits per heavy atom. The van der Waals surface area contributed by atoms with E-state index in [1.807, 2.05) is 0 Å². The van der Waals surface area contributed by atoms with Crippen LogP contribution in [-0.4, -0.2) is 37.0 Å². The molecular formula is C11H15ClN2O3S. The van der Waals surface area contributed by atoms with E-state index in [2.05, 4.69) is 0 Å². The second-order valence-electron chi connectivity index (χ2n) is 4.34. The third-order valence-electron chi connectivity index (χ3n) is 2.97. The van der Waals surface area contributed by atoms with E-state index in [1.165, 1.54) is 22.5 Å². The third-order valence-corrected chi connectivity index (χ3v) is 5.16. The van der Waals surface area contributed by atoms with E-state index in [0.717, 1.165) is 0 Å². The number of anilines is 1. The Labute approximate surface area is 111 Å². The minimum absolute atomic E-state index is 0.107. The summed E-state index contributed by atoms with van der Waals surface area (Å²) in [6.45, 7) is 0.547. The average molecular weight is 291 g/mol. The van der Waals surface area contributed by atoms with Crippen molar-refractivity contribution in [2.45, 2.75) is 23.8 Å². The summed E-state index contributed by atoms with van der Waals surface area (Å²) in [7, 11) is -3.60. The van der Waals surface area contributed by atoms with Crippen LogP contribution in [0.1, 0.15) is 12.8 Å². The van der Waals surface area contributed by atoms with Crippen LogP contribution in [0.2, 0.25) is 5.02 Å². The highest BCUT2D eigenvalue weighted by Gasteiger charge is 2.29. The quantitative estimate of drug-likeness (QED) is 0.798. The van der Waals surface area contributed by atoms with E-state index in [-0.39, 0.29) is 16.5 Å². The number of hydrogen-bond acceptors (Lipinski definition) is 4. The fourth-order valence-corrected chi connectivity index (χ4v) is 3.74. The lowest BCUT2D eigenvalue weighted by atomic mass is 10.1. The number of rotatable bonds is 2. The lowest BCUT2D eigenvalue weighted by Gasteiger charge is -2.29. The molecule has 1 aliphatic heterocycles. The number of halogens is 1. The van der Waals surface area contributed by atoms with Crippen LogP contribution in [-0.2, 0) is 10.0 Å². The van der Waals surface area contributed by atoms with Crippen LogP contribution in [0.3, 0.4) is 0 Å². The number of aliphatic hydroxyl groups excluding tert-OH is 1. The molecule has 0 aliphatic carbocycles. The number of nitrogens with zero attached hydrogens (tertiary/aromatic N) is 1. The molecule has 0 aromatic heterocycles. The maximum absolute atomic E-state index is 12.3. The molecule has 0 amide bonds. The lowest BCUT2D eigenvalue weighted by Crippen LogP contribution is -2.42. The first-order valence-electron chi connectivity index (χ1n) is 5.64. The van der Waals surface area contributed by atoms with Crippen LogP contribution in [0.15, 0.2) is 23.1 Å². The second kappa shape index (κ2) is 5.05. The van der Waals surface area contributed by atoms with Crippen molar-refractivity contribution in [2.24, 2.45) is 0 Å². The Morgan fingerprint density at radius 2 is 2.17 bits per heavy atom. The van der Waals surface area contributed by atoms with Crippen LogP contribution in [0.4, 0.5) is 5.69 Å². The van der Waals surface area contributed by atoms with Gasteiger partial charge in [-0.2, -0.15) is 4.31 Å². The molecule has 3 N–H and O–H groups in total. The topological polar surface area (TPSA) is 83.6 Å². The summed E-state index contributed by atoms with van der Waals surface area (Å²) >= 11 is 5.83. The van der Waals surface area contributed by atoms with Crippen LogP contribution in [0.25, 0.3) is 0 Å². The minimum Gasteiger partial charge on any atom is -0.398 e. The van der Waals surface area contributed by atoms with Gasteiger partial charge in [0.2, 0.25) is 10.0 Å². The number of piperidine rings is 1. The van der Waals surface area contributed by atoms with Crippen molar-refractivity contribution in [3.8, 4) is 0 Å². The molecule has 100 valence electrons. The predicted molar refractivity (Wildman–Crippen MR) is 69.9 cm³/mol. The first kappa shape index (κ1) is 13.6. The van der Waals surface area contributed by atoms with Crippen molar-refractivity contribution >= 4 is 27.3 Å². The van der Waals surface area contributed by atoms with Gasteiger partial charge in [-0.15, -0.1) is 0 Å². The molecule has 1 aromatic rings. The Kier molecular flexibility index (Phi) is 3.82. The average Bonchev–Trinajstić information content (AvgIpc) is 2.32. The van der Waals surface area contributed by atoms with E-state index < -0.39 is 16.1 Å². The Hall–Kier alpha value is -0.820. The summed E-state index contributed by atoms with van der Waals surface area (Å²) < 4.78 is 25.9. The van der Waals surface area contributed by atoms with Crippen LogP contribution >= 0.6 is 11.6 Å². The van der Waals surface area contributed by atoms with Crippen LogP contribution in [0, 0.1) is 0 Å². The van der Waals surface area contributed by atoms with Gasteiger partial charge in [-0.1, -0.05) is 11.6 Å². The van der Waals surface area contributed by atoms with Gasteiger partial charge < -0.3 is 10.8 Å². The smallest absolute Gasteiger partial charge is 0.243 e. The minimum atomic E-state index is -3.60. The van der Waals surface area contributed by atoms with Crippen molar-refractivity contribution in [1.82, 2.24) is 4.31 Å². The lowest BCUT2D eigenvalue weighted by molar-refractivity contribution is 0.108. The maximum Gasteiger partial charge on any atom is 0.243 e. The van der Waals surface area contributed by atoms with Crippen molar-refractivity contribution in [3.63, 3.8) is 0 Å². The second-order valence-corrected chi connectivity index (χ2v) is 6.69. The number of aliphatic hydroxyl groups is 1. The summed E-state index contributed by atoms with van der Waals surface area (Å²) in [6, 6.07) is 4.24. The van der Waals surface area contributed by atoms with Gasteiger partial charge in [-0.05, 0) is 31.0 Å². The van der Waals surface area contributed by atoms with Gasteiger partial charge in [0.25, 0.3) is 0 Å². The van der Waals surface area contributed by atoms with Gasteiger partial charge in [0.15, 0.2) is 0 Å². The van der Waals surface area contributed by atoms with Crippen LogP contribution < -0.4 is 5.73 Å². The molecule has 1 heterocycles. The number of benzene rings is 1. The number of hydrogen-bond donors (Lipinski definition) is 2. The Bertz CT molecular complexity index is 547. The van der Waals surface area contributed by atoms with E-state index in [0.29, 0.717) is 25.1 Å². The van der Waals surface area contributed by atoms with Gasteiger partial charge in [0.1, 0.15) is 0 Å². The molecule has 0 spiro atoms. The van der Waals surface area contributed by atoms with Gasteiger partial charge in [0.05, 0.1) is 21.7 Å². The monoisotopic (exact) mass is 290 g/mol. The zero-order valence-electron chi connectivity index (χ0n) is 9.71. The summed E-state index contributed by atoms with van der Waals surface area (Å²) in [5, 5.41) is 9.75. The molecular weight excluding hydrogens is 276 g/mol. The van der Waals surface area contributed by atoms with Crippen molar-refractivity contribution in [3.05, 3.63) is 23.2 Å². The van der Waals surface area contributed by atoms with E-state index >= 15 is 0 Å². The summed E-state index contributed by atoms with van der Waals surface area (Å²) in [4.78, 5) is 0.107. The van der Waals surface area contributed by atoms with Crippen molar-refractivity contribution in [2.75, 3.05) is 18.8 Å². The predicted octanol–water partition coefficient (Wildman–Crippen LogP) is 1.07. The van der Waals surface area contributed by atoms with Gasteiger partial charge in [-0.3, -0.25) is 0 Å². The molecule has 1 saturated heterocycles. The normalized spacial score (nSPS) is 22.0. The zero-order chi connectivity index (χ0) is 13.3. The molecule has 0 saturated carbocycles. The summed E-state index contributed by atoms with van der Waals surface area (Å²) in [5.41, 5.74) is 5.89. The molecule has 7 heteroatoms. The first-order chi connectivity index (χ1) is 8.41. The molecule has 1 unspecified atom stereocenters. The molecule has 1 atom stereocenters. The fraction of sp³-hybridized carbons (Fsp3) is 0.455. The molecule has 0 bridgehead atoms. The highest BCUT2D eigenvalue weighted by atomic mass is 35.5.